The van der Waals surface area contributed by atoms with E-state index in [0.717, 1.165) is 16.9 Å². The number of thioether (sulfide) groups is 1. The van der Waals surface area contributed by atoms with Crippen LogP contribution in [0.4, 0.5) is 0 Å². The average molecular weight is 484 g/mol. The normalized spacial score (nSPS) is 15.9. The molecule has 1 heterocycles. The van der Waals surface area contributed by atoms with Gasteiger partial charge in [-0.1, -0.05) is 36.4 Å². The Labute approximate surface area is 206 Å². The number of hydrogen-bond acceptors (Lipinski definition) is 6. The standard InChI is InChI=1S/C27H33NO5S/c1-21(29)8-9-23-10-11-25(26(18-23)31-2)33-20-24-19-28(14-15-32-24)27(30)13-17-34-16-12-22-6-4-3-5-7-22/h3-7,10-12,16,18,24H,8-9,13-15,17,19-20H2,1-2H3. The number of hydrogen-bond donors (Lipinski definition) is 0. The number of amides is 1. The second kappa shape index (κ2) is 13.8. The molecule has 1 saturated heterocycles. The van der Waals surface area contributed by atoms with Crippen LogP contribution < -0.4 is 9.47 Å². The molecule has 2 aromatic carbocycles. The lowest BCUT2D eigenvalue weighted by molar-refractivity contribution is -0.139. The van der Waals surface area contributed by atoms with E-state index in [4.69, 9.17) is 14.2 Å². The molecule has 34 heavy (non-hydrogen) atoms. The first-order chi connectivity index (χ1) is 16.5. The van der Waals surface area contributed by atoms with Gasteiger partial charge in [0.1, 0.15) is 18.5 Å². The molecule has 1 aliphatic rings. The van der Waals surface area contributed by atoms with Gasteiger partial charge >= 0.3 is 0 Å². The minimum absolute atomic E-state index is 0.140. The van der Waals surface area contributed by atoms with Crippen molar-refractivity contribution in [2.45, 2.75) is 32.3 Å². The molecule has 1 amide bonds. The predicted octanol–water partition coefficient (Wildman–Crippen LogP) is 4.62. The van der Waals surface area contributed by atoms with Crippen molar-refractivity contribution in [3.8, 4) is 11.5 Å². The maximum atomic E-state index is 12.6. The molecule has 0 saturated carbocycles. The van der Waals surface area contributed by atoms with Gasteiger partial charge in [0.25, 0.3) is 0 Å². The van der Waals surface area contributed by atoms with Gasteiger partial charge in [0.05, 0.1) is 20.3 Å². The van der Waals surface area contributed by atoms with Crippen LogP contribution in [0.2, 0.25) is 0 Å². The summed E-state index contributed by atoms with van der Waals surface area (Å²) in [5.41, 5.74) is 2.18. The molecule has 0 aliphatic carbocycles. The first kappa shape index (κ1) is 25.8. The van der Waals surface area contributed by atoms with Crippen molar-refractivity contribution < 1.29 is 23.8 Å². The molecule has 1 aliphatic heterocycles. The Morgan fingerprint density at radius 3 is 2.74 bits per heavy atom. The van der Waals surface area contributed by atoms with Crippen LogP contribution in [0.3, 0.4) is 0 Å². The summed E-state index contributed by atoms with van der Waals surface area (Å²) in [6.07, 6.45) is 3.54. The Bertz CT molecular complexity index is 963. The SMILES string of the molecule is COc1cc(CCC(C)=O)ccc1OCC1CN(C(=O)CCSC=Cc2ccccc2)CCO1. The first-order valence-electron chi connectivity index (χ1n) is 11.6. The number of Topliss-reactive ketones (excluding diaryl/α,β-unsaturated/α-hetero) is 1. The van der Waals surface area contributed by atoms with E-state index < -0.39 is 0 Å². The van der Waals surface area contributed by atoms with Crippen LogP contribution >= 0.6 is 11.8 Å². The summed E-state index contributed by atoms with van der Waals surface area (Å²) in [7, 11) is 1.60. The van der Waals surface area contributed by atoms with Gasteiger partial charge in [0, 0.05) is 25.1 Å². The van der Waals surface area contributed by atoms with Crippen molar-refractivity contribution in [2.24, 2.45) is 0 Å². The van der Waals surface area contributed by atoms with E-state index >= 15 is 0 Å². The van der Waals surface area contributed by atoms with Crippen LogP contribution in [-0.4, -0.2) is 61.9 Å². The third-order valence-corrected chi connectivity index (χ3v) is 6.27. The van der Waals surface area contributed by atoms with Gasteiger partial charge in [-0.05, 0) is 48.1 Å². The molecule has 1 unspecified atom stereocenters. The van der Waals surface area contributed by atoms with Gasteiger partial charge in [-0.3, -0.25) is 4.79 Å². The lowest BCUT2D eigenvalue weighted by Crippen LogP contribution is -2.47. The highest BCUT2D eigenvalue weighted by Crippen LogP contribution is 2.29. The predicted molar refractivity (Wildman–Crippen MR) is 136 cm³/mol. The monoisotopic (exact) mass is 483 g/mol. The Morgan fingerprint density at radius 2 is 1.97 bits per heavy atom. The molecule has 0 bridgehead atoms. The van der Waals surface area contributed by atoms with E-state index in [2.05, 4.69) is 18.2 Å². The van der Waals surface area contributed by atoms with Crippen molar-refractivity contribution in [1.82, 2.24) is 4.90 Å². The molecule has 182 valence electrons. The number of rotatable bonds is 12. The third kappa shape index (κ3) is 8.54. The number of carbonyl (C=O) groups is 2. The molecular weight excluding hydrogens is 450 g/mol. The summed E-state index contributed by atoms with van der Waals surface area (Å²) in [4.78, 5) is 25.7. The zero-order chi connectivity index (χ0) is 24.2. The van der Waals surface area contributed by atoms with E-state index in [1.54, 1.807) is 25.8 Å². The van der Waals surface area contributed by atoms with Gasteiger partial charge < -0.3 is 23.9 Å². The number of methoxy groups -OCH3 is 1. The van der Waals surface area contributed by atoms with Crippen LogP contribution in [0, 0.1) is 0 Å². The summed E-state index contributed by atoms with van der Waals surface area (Å²) in [6.45, 7) is 3.55. The summed E-state index contributed by atoms with van der Waals surface area (Å²) in [5, 5.41) is 2.04. The molecule has 1 atom stereocenters. The maximum absolute atomic E-state index is 12.6. The van der Waals surface area contributed by atoms with Crippen molar-refractivity contribution in [3.63, 3.8) is 0 Å². The lowest BCUT2D eigenvalue weighted by Gasteiger charge is -2.33. The van der Waals surface area contributed by atoms with Gasteiger partial charge in [-0.25, -0.2) is 0 Å². The molecular formula is C27H33NO5S. The summed E-state index contributed by atoms with van der Waals surface area (Å²) < 4.78 is 17.2. The Morgan fingerprint density at radius 1 is 1.15 bits per heavy atom. The Balaban J connectivity index is 1.42. The highest BCUT2D eigenvalue weighted by Gasteiger charge is 2.24. The van der Waals surface area contributed by atoms with Crippen molar-refractivity contribution in [3.05, 3.63) is 65.1 Å². The molecule has 3 rings (SSSR count). The van der Waals surface area contributed by atoms with Crippen molar-refractivity contribution >= 4 is 29.5 Å². The largest absolute Gasteiger partial charge is 0.493 e. The zero-order valence-corrected chi connectivity index (χ0v) is 20.7. The molecule has 7 heteroatoms. The average Bonchev–Trinajstić information content (AvgIpc) is 2.86. The fraction of sp³-hybridized carbons (Fsp3) is 0.407. The van der Waals surface area contributed by atoms with E-state index in [1.807, 2.05) is 46.7 Å². The van der Waals surface area contributed by atoms with E-state index in [9.17, 15) is 9.59 Å². The Hall–Kier alpha value is -2.77. The number of carbonyl (C=O) groups excluding carboxylic acids is 2. The molecule has 2 aromatic rings. The number of aryl methyl sites for hydroxylation is 1. The molecule has 0 N–H and O–H groups in total. The van der Waals surface area contributed by atoms with Crippen molar-refractivity contribution in [2.75, 3.05) is 39.2 Å². The third-order valence-electron chi connectivity index (χ3n) is 5.50. The van der Waals surface area contributed by atoms with Gasteiger partial charge in [0.2, 0.25) is 5.91 Å². The van der Waals surface area contributed by atoms with Crippen LogP contribution in [0.5, 0.6) is 11.5 Å². The first-order valence-corrected chi connectivity index (χ1v) is 12.6. The number of benzene rings is 2. The van der Waals surface area contributed by atoms with Crippen LogP contribution in [0.25, 0.3) is 6.08 Å². The number of ketones is 1. The topological polar surface area (TPSA) is 65.1 Å². The zero-order valence-electron chi connectivity index (χ0n) is 19.9. The highest BCUT2D eigenvalue weighted by atomic mass is 32.2. The van der Waals surface area contributed by atoms with Crippen molar-refractivity contribution in [1.29, 1.82) is 0 Å². The smallest absolute Gasteiger partial charge is 0.223 e. The van der Waals surface area contributed by atoms with Gasteiger partial charge in [0.15, 0.2) is 11.5 Å². The fourth-order valence-electron chi connectivity index (χ4n) is 3.60. The lowest BCUT2D eigenvalue weighted by atomic mass is 10.1. The number of nitrogens with zero attached hydrogens (tertiary/aromatic N) is 1. The Kier molecular flexibility index (Phi) is 10.5. The minimum atomic E-state index is -0.189. The van der Waals surface area contributed by atoms with Gasteiger partial charge in [-0.15, -0.1) is 11.8 Å². The molecule has 0 radical (unpaired) electrons. The quantitative estimate of drug-likeness (QED) is 0.411. The fourth-order valence-corrected chi connectivity index (χ4v) is 4.28. The van der Waals surface area contributed by atoms with E-state index in [1.165, 1.54) is 0 Å². The van der Waals surface area contributed by atoms with E-state index in [0.29, 0.717) is 57.1 Å². The summed E-state index contributed by atoms with van der Waals surface area (Å²) in [5.74, 6) is 2.30. The highest BCUT2D eigenvalue weighted by molar-refractivity contribution is 8.02. The maximum Gasteiger partial charge on any atom is 0.223 e. The summed E-state index contributed by atoms with van der Waals surface area (Å²) >= 11 is 1.64. The molecule has 0 spiro atoms. The molecule has 1 fully saturated rings. The number of morpholine rings is 1. The minimum Gasteiger partial charge on any atom is -0.493 e. The summed E-state index contributed by atoms with van der Waals surface area (Å²) in [6, 6.07) is 15.8. The van der Waals surface area contributed by atoms with Crippen LogP contribution in [-0.2, 0) is 20.7 Å². The number of ether oxygens (including phenoxy) is 3. The second-order valence-electron chi connectivity index (χ2n) is 8.17. The second-order valence-corrected chi connectivity index (χ2v) is 9.18. The van der Waals surface area contributed by atoms with E-state index in [-0.39, 0.29) is 17.8 Å². The van der Waals surface area contributed by atoms with Gasteiger partial charge in [-0.2, -0.15) is 0 Å². The molecule has 6 nitrogen and oxygen atoms in total. The molecule has 0 aromatic heterocycles. The van der Waals surface area contributed by atoms with Crippen LogP contribution in [0.1, 0.15) is 30.9 Å². The van der Waals surface area contributed by atoms with Crippen LogP contribution in [0.15, 0.2) is 53.9 Å².